The molecule has 0 fully saturated rings. The van der Waals surface area contributed by atoms with Gasteiger partial charge in [-0.1, -0.05) is 11.6 Å². The van der Waals surface area contributed by atoms with Crippen LogP contribution < -0.4 is 5.32 Å². The average molecular weight is 311 g/mol. The minimum absolute atomic E-state index is 0.0409. The zero-order valence-electron chi connectivity index (χ0n) is 10.3. The monoisotopic (exact) mass is 310 g/mol. The van der Waals surface area contributed by atoms with Crippen molar-refractivity contribution < 1.29 is 18.0 Å². The second-order valence-corrected chi connectivity index (χ2v) is 4.42. The molecule has 2 rings (SSSR count). The predicted molar refractivity (Wildman–Crippen MR) is 70.4 cm³/mol. The fourth-order valence-electron chi connectivity index (χ4n) is 1.61. The molecule has 0 aromatic heterocycles. The first kappa shape index (κ1) is 14.9. The highest BCUT2D eigenvalue weighted by Crippen LogP contribution is 2.22. The summed E-state index contributed by atoms with van der Waals surface area (Å²) in [5.41, 5.74) is -0.548. The van der Waals surface area contributed by atoms with Gasteiger partial charge in [0.05, 0.1) is 16.8 Å². The van der Waals surface area contributed by atoms with Gasteiger partial charge < -0.3 is 5.32 Å². The maximum Gasteiger partial charge on any atom is 0.258 e. The van der Waals surface area contributed by atoms with Crippen LogP contribution in [0, 0.1) is 28.8 Å². The number of nitrogens with zero attached hydrogens (tertiary/aromatic N) is 1. The molecule has 21 heavy (non-hydrogen) atoms. The Kier molecular flexibility index (Phi) is 4.15. The normalized spacial score (nSPS) is 10.0. The molecular formula is C14H6ClF3N2O. The largest absolute Gasteiger partial charge is 0.321 e. The van der Waals surface area contributed by atoms with Crippen LogP contribution in [0.1, 0.15) is 15.9 Å². The molecule has 7 heteroatoms. The van der Waals surface area contributed by atoms with Crippen molar-refractivity contribution in [1.29, 1.82) is 5.26 Å². The number of amides is 1. The number of nitriles is 1. The maximum atomic E-state index is 13.5. The molecule has 2 aromatic carbocycles. The molecule has 0 saturated carbocycles. The van der Waals surface area contributed by atoms with E-state index in [1.54, 1.807) is 0 Å². The van der Waals surface area contributed by atoms with Gasteiger partial charge in [-0.2, -0.15) is 5.26 Å². The van der Waals surface area contributed by atoms with Crippen LogP contribution in [0.25, 0.3) is 0 Å². The van der Waals surface area contributed by atoms with Crippen LogP contribution in [0.5, 0.6) is 0 Å². The quantitative estimate of drug-likeness (QED) is 0.856. The van der Waals surface area contributed by atoms with Gasteiger partial charge in [0.25, 0.3) is 5.91 Å². The van der Waals surface area contributed by atoms with Crippen LogP contribution in [0.2, 0.25) is 5.02 Å². The highest BCUT2D eigenvalue weighted by atomic mass is 35.5. The van der Waals surface area contributed by atoms with Crippen molar-refractivity contribution in [2.75, 3.05) is 5.32 Å². The summed E-state index contributed by atoms with van der Waals surface area (Å²) < 4.78 is 39.4. The standard InChI is InChI=1S/C14H6ClF3N2O/c15-8-2-1-7(6-19)11(5-8)20-14(21)9-3-4-10(16)13(18)12(9)17/h1-5H,(H,20,21). The van der Waals surface area contributed by atoms with E-state index in [9.17, 15) is 18.0 Å². The van der Waals surface area contributed by atoms with Gasteiger partial charge in [-0.3, -0.25) is 4.79 Å². The van der Waals surface area contributed by atoms with Gasteiger partial charge >= 0.3 is 0 Å². The molecule has 0 spiro atoms. The summed E-state index contributed by atoms with van der Waals surface area (Å²) in [6.45, 7) is 0. The molecule has 0 heterocycles. The molecule has 0 saturated heterocycles. The Morgan fingerprint density at radius 2 is 1.86 bits per heavy atom. The molecule has 2 aromatic rings. The molecule has 0 bridgehead atoms. The van der Waals surface area contributed by atoms with Gasteiger partial charge in [0.1, 0.15) is 6.07 Å². The molecule has 1 amide bonds. The van der Waals surface area contributed by atoms with Crippen molar-refractivity contribution in [3.05, 3.63) is 63.9 Å². The topological polar surface area (TPSA) is 52.9 Å². The number of halogens is 4. The second kappa shape index (κ2) is 5.85. The van der Waals surface area contributed by atoms with Crippen LogP contribution in [0.15, 0.2) is 30.3 Å². The fraction of sp³-hybridized carbons (Fsp3) is 0. The SMILES string of the molecule is N#Cc1ccc(Cl)cc1NC(=O)c1ccc(F)c(F)c1F. The predicted octanol–water partition coefficient (Wildman–Crippen LogP) is 3.88. The fourth-order valence-corrected chi connectivity index (χ4v) is 1.78. The lowest BCUT2D eigenvalue weighted by atomic mass is 10.1. The lowest BCUT2D eigenvalue weighted by Crippen LogP contribution is -2.16. The van der Waals surface area contributed by atoms with Gasteiger partial charge in [0, 0.05) is 5.02 Å². The van der Waals surface area contributed by atoms with Gasteiger partial charge in [0.15, 0.2) is 17.5 Å². The van der Waals surface area contributed by atoms with Crippen LogP contribution >= 0.6 is 11.6 Å². The van der Waals surface area contributed by atoms with Crippen LogP contribution in [-0.4, -0.2) is 5.91 Å². The van der Waals surface area contributed by atoms with Crippen LogP contribution in [0.3, 0.4) is 0 Å². The summed E-state index contributed by atoms with van der Waals surface area (Å²) >= 11 is 5.74. The Labute approximate surface area is 122 Å². The highest BCUT2D eigenvalue weighted by Gasteiger charge is 2.19. The molecule has 0 aliphatic carbocycles. The van der Waals surface area contributed by atoms with Crippen molar-refractivity contribution in [3.8, 4) is 6.07 Å². The first-order chi connectivity index (χ1) is 9.93. The summed E-state index contributed by atoms with van der Waals surface area (Å²) in [7, 11) is 0. The smallest absolute Gasteiger partial charge is 0.258 e. The summed E-state index contributed by atoms with van der Waals surface area (Å²) in [5, 5.41) is 11.4. The third-order valence-corrected chi connectivity index (χ3v) is 2.87. The summed E-state index contributed by atoms with van der Waals surface area (Å²) in [6.07, 6.45) is 0. The molecular weight excluding hydrogens is 305 g/mol. The average Bonchev–Trinajstić information content (AvgIpc) is 2.45. The number of hydrogen-bond acceptors (Lipinski definition) is 2. The van der Waals surface area contributed by atoms with E-state index in [1.165, 1.54) is 18.2 Å². The van der Waals surface area contributed by atoms with Crippen molar-refractivity contribution in [1.82, 2.24) is 0 Å². The summed E-state index contributed by atoms with van der Waals surface area (Å²) in [5.74, 6) is -5.77. The number of nitrogens with one attached hydrogen (secondary N) is 1. The van der Waals surface area contributed by atoms with E-state index < -0.39 is 28.9 Å². The van der Waals surface area contributed by atoms with E-state index in [4.69, 9.17) is 16.9 Å². The van der Waals surface area contributed by atoms with E-state index in [2.05, 4.69) is 5.32 Å². The first-order valence-corrected chi connectivity index (χ1v) is 5.96. The van der Waals surface area contributed by atoms with E-state index in [0.717, 1.165) is 6.07 Å². The summed E-state index contributed by atoms with van der Waals surface area (Å²) in [4.78, 5) is 11.9. The lowest BCUT2D eigenvalue weighted by molar-refractivity contribution is 0.102. The molecule has 106 valence electrons. The summed E-state index contributed by atoms with van der Waals surface area (Å²) in [6, 6.07) is 7.34. The third-order valence-electron chi connectivity index (χ3n) is 2.63. The zero-order chi connectivity index (χ0) is 15.6. The van der Waals surface area contributed by atoms with E-state index in [0.29, 0.717) is 6.07 Å². The molecule has 0 unspecified atom stereocenters. The van der Waals surface area contributed by atoms with Gasteiger partial charge in [-0.05, 0) is 30.3 Å². The van der Waals surface area contributed by atoms with Crippen molar-refractivity contribution in [3.63, 3.8) is 0 Å². The van der Waals surface area contributed by atoms with Gasteiger partial charge in [-0.25, -0.2) is 13.2 Å². The van der Waals surface area contributed by atoms with E-state index >= 15 is 0 Å². The Hall–Kier alpha value is -2.52. The molecule has 3 nitrogen and oxygen atoms in total. The number of carbonyl (C=O) groups is 1. The highest BCUT2D eigenvalue weighted by molar-refractivity contribution is 6.31. The van der Waals surface area contributed by atoms with Gasteiger partial charge in [-0.15, -0.1) is 0 Å². The zero-order valence-corrected chi connectivity index (χ0v) is 11.0. The van der Waals surface area contributed by atoms with E-state index in [-0.39, 0.29) is 16.3 Å². The Morgan fingerprint density at radius 1 is 1.14 bits per heavy atom. The molecule has 0 atom stereocenters. The number of benzene rings is 2. The Morgan fingerprint density at radius 3 is 2.52 bits per heavy atom. The van der Waals surface area contributed by atoms with Crippen LogP contribution in [0.4, 0.5) is 18.9 Å². The van der Waals surface area contributed by atoms with Gasteiger partial charge in [0.2, 0.25) is 0 Å². The molecule has 0 radical (unpaired) electrons. The number of hydrogen-bond donors (Lipinski definition) is 1. The number of anilines is 1. The molecule has 1 N–H and O–H groups in total. The number of rotatable bonds is 2. The maximum absolute atomic E-state index is 13.5. The Bertz CT molecular complexity index is 772. The number of carbonyl (C=O) groups excluding carboxylic acids is 1. The van der Waals surface area contributed by atoms with Crippen molar-refractivity contribution in [2.24, 2.45) is 0 Å². The molecule has 0 aliphatic heterocycles. The lowest BCUT2D eigenvalue weighted by Gasteiger charge is -2.08. The Balaban J connectivity index is 2.38. The van der Waals surface area contributed by atoms with Crippen molar-refractivity contribution in [2.45, 2.75) is 0 Å². The third kappa shape index (κ3) is 2.98. The van der Waals surface area contributed by atoms with Crippen LogP contribution in [-0.2, 0) is 0 Å². The first-order valence-electron chi connectivity index (χ1n) is 5.58. The van der Waals surface area contributed by atoms with Crippen molar-refractivity contribution >= 4 is 23.2 Å². The minimum atomic E-state index is -1.74. The van der Waals surface area contributed by atoms with E-state index in [1.807, 2.05) is 6.07 Å². The molecule has 0 aliphatic rings. The second-order valence-electron chi connectivity index (χ2n) is 3.98. The minimum Gasteiger partial charge on any atom is -0.321 e.